The van der Waals surface area contributed by atoms with Crippen LogP contribution in [0, 0.1) is 11.3 Å². The first-order chi connectivity index (χ1) is 15.3. The number of aryl methyl sites for hydroxylation is 1. The minimum absolute atomic E-state index is 0.135. The van der Waals surface area contributed by atoms with E-state index in [1.165, 1.54) is 5.56 Å². The van der Waals surface area contributed by atoms with Crippen LogP contribution in [0.3, 0.4) is 0 Å². The SMILES string of the molecule is C=C/C(=C\c1cn(C)nc1C(C)CC)c1ccc(C2CC2(CCC)C(=O)C(C)CC)cc1. The summed E-state index contributed by atoms with van der Waals surface area (Å²) < 4.78 is 1.89. The smallest absolute Gasteiger partial charge is 0.142 e. The lowest BCUT2D eigenvalue weighted by Gasteiger charge is -2.20. The number of hydrogen-bond donors (Lipinski definition) is 0. The number of rotatable bonds is 11. The first-order valence-corrected chi connectivity index (χ1v) is 12.3. The fourth-order valence-corrected chi connectivity index (χ4v) is 5.08. The van der Waals surface area contributed by atoms with E-state index in [1.807, 2.05) is 17.8 Å². The molecule has 1 saturated carbocycles. The first-order valence-electron chi connectivity index (χ1n) is 12.3. The summed E-state index contributed by atoms with van der Waals surface area (Å²) in [5.41, 5.74) is 5.70. The number of carbonyl (C=O) groups excluding carboxylic acids is 1. The predicted molar refractivity (Wildman–Crippen MR) is 136 cm³/mol. The monoisotopic (exact) mass is 432 g/mol. The number of ketones is 1. The van der Waals surface area contributed by atoms with Crippen LogP contribution in [0.2, 0.25) is 0 Å². The normalized spacial score (nSPS) is 22.4. The molecule has 1 aromatic carbocycles. The van der Waals surface area contributed by atoms with Crippen molar-refractivity contribution in [2.45, 2.75) is 78.6 Å². The number of aromatic nitrogens is 2. The van der Waals surface area contributed by atoms with Crippen LogP contribution in [-0.4, -0.2) is 15.6 Å². The van der Waals surface area contributed by atoms with Gasteiger partial charge in [0, 0.05) is 36.1 Å². The third-order valence-corrected chi connectivity index (χ3v) is 7.47. The Morgan fingerprint density at radius 3 is 2.47 bits per heavy atom. The molecule has 32 heavy (non-hydrogen) atoms. The van der Waals surface area contributed by atoms with Gasteiger partial charge in [-0.15, -0.1) is 0 Å². The van der Waals surface area contributed by atoms with Crippen molar-refractivity contribution in [1.29, 1.82) is 0 Å². The van der Waals surface area contributed by atoms with Crippen molar-refractivity contribution >= 4 is 17.4 Å². The standard InChI is InChI=1S/C29H40N2O/c1-8-16-29(28(32)21(6)10-3)18-26(29)24-14-12-23(13-15-24)22(11-4)17-25-19-31(7)30-27(25)20(5)9-2/h11-15,17,19-21,26H,4,8-10,16,18H2,1-3,5-7H3/b22-17+. The summed E-state index contributed by atoms with van der Waals surface area (Å²) in [5, 5.41) is 4.68. The zero-order valence-electron chi connectivity index (χ0n) is 20.8. The molecular formula is C29H40N2O. The Bertz CT molecular complexity index is 981. The van der Waals surface area contributed by atoms with E-state index in [0.717, 1.165) is 54.5 Å². The second kappa shape index (κ2) is 10.0. The van der Waals surface area contributed by atoms with E-state index in [4.69, 9.17) is 0 Å². The Morgan fingerprint density at radius 2 is 1.91 bits per heavy atom. The van der Waals surface area contributed by atoms with Crippen LogP contribution in [-0.2, 0) is 11.8 Å². The van der Waals surface area contributed by atoms with Gasteiger partial charge in [0.05, 0.1) is 5.69 Å². The van der Waals surface area contributed by atoms with E-state index >= 15 is 0 Å². The van der Waals surface area contributed by atoms with Crippen LogP contribution >= 0.6 is 0 Å². The van der Waals surface area contributed by atoms with Crippen LogP contribution in [0.25, 0.3) is 11.6 Å². The molecule has 1 aliphatic carbocycles. The fourth-order valence-electron chi connectivity index (χ4n) is 5.08. The van der Waals surface area contributed by atoms with Gasteiger partial charge in [-0.05, 0) is 54.4 Å². The highest BCUT2D eigenvalue weighted by Crippen LogP contribution is 2.63. The fraction of sp³-hybridized carbons (Fsp3) is 0.517. The number of nitrogens with zero attached hydrogens (tertiary/aromatic N) is 2. The highest BCUT2D eigenvalue weighted by atomic mass is 16.1. The second-order valence-corrected chi connectivity index (χ2v) is 9.71. The Balaban J connectivity index is 1.86. The lowest BCUT2D eigenvalue weighted by molar-refractivity contribution is -0.128. The summed E-state index contributed by atoms with van der Waals surface area (Å²) in [4.78, 5) is 13.1. The molecule has 4 unspecified atom stereocenters. The van der Waals surface area contributed by atoms with Crippen molar-refractivity contribution in [1.82, 2.24) is 9.78 Å². The third-order valence-electron chi connectivity index (χ3n) is 7.47. The van der Waals surface area contributed by atoms with Crippen molar-refractivity contribution in [2.75, 3.05) is 0 Å². The summed E-state index contributed by atoms with van der Waals surface area (Å²) in [7, 11) is 1.98. The van der Waals surface area contributed by atoms with Gasteiger partial charge in [0.25, 0.3) is 0 Å². The molecule has 4 atom stereocenters. The molecule has 0 bridgehead atoms. The lowest BCUT2D eigenvalue weighted by atomic mass is 9.83. The van der Waals surface area contributed by atoms with Crippen LogP contribution < -0.4 is 0 Å². The molecule has 0 saturated heterocycles. The van der Waals surface area contributed by atoms with Gasteiger partial charge in [-0.25, -0.2) is 0 Å². The molecule has 3 nitrogen and oxygen atoms in total. The molecule has 2 aromatic rings. The molecule has 3 rings (SSSR count). The number of allylic oxidation sites excluding steroid dienone is 2. The Kier molecular flexibility index (Phi) is 7.59. The van der Waals surface area contributed by atoms with Crippen LogP contribution in [0.5, 0.6) is 0 Å². The summed E-state index contributed by atoms with van der Waals surface area (Å²) in [5.74, 6) is 1.40. The Labute approximate surface area is 194 Å². The van der Waals surface area contributed by atoms with E-state index in [1.54, 1.807) is 0 Å². The first kappa shape index (κ1) is 24.2. The highest BCUT2D eigenvalue weighted by molar-refractivity contribution is 5.91. The average molecular weight is 433 g/mol. The van der Waals surface area contributed by atoms with E-state index in [9.17, 15) is 4.79 Å². The van der Waals surface area contributed by atoms with Crippen molar-refractivity contribution in [3.05, 3.63) is 65.5 Å². The topological polar surface area (TPSA) is 34.9 Å². The minimum Gasteiger partial charge on any atom is -0.299 e. The third kappa shape index (κ3) is 4.67. The molecule has 0 amide bonds. The van der Waals surface area contributed by atoms with Gasteiger partial charge in [-0.2, -0.15) is 5.10 Å². The zero-order valence-corrected chi connectivity index (χ0v) is 20.8. The predicted octanol–water partition coefficient (Wildman–Crippen LogP) is 7.55. The van der Waals surface area contributed by atoms with Crippen LogP contribution in [0.4, 0.5) is 0 Å². The molecule has 1 aromatic heterocycles. The molecule has 0 radical (unpaired) electrons. The Hall–Kier alpha value is -2.42. The summed E-state index contributed by atoms with van der Waals surface area (Å²) in [6.45, 7) is 14.9. The van der Waals surface area contributed by atoms with E-state index in [2.05, 4.69) is 82.8 Å². The van der Waals surface area contributed by atoms with Gasteiger partial charge in [0.15, 0.2) is 0 Å². The number of hydrogen-bond acceptors (Lipinski definition) is 2. The van der Waals surface area contributed by atoms with E-state index in [0.29, 0.717) is 17.6 Å². The maximum atomic E-state index is 13.1. The minimum atomic E-state index is -0.135. The lowest BCUT2D eigenvalue weighted by Crippen LogP contribution is -2.24. The largest absolute Gasteiger partial charge is 0.299 e. The molecule has 1 fully saturated rings. The van der Waals surface area contributed by atoms with Crippen LogP contribution in [0.1, 0.15) is 101 Å². The van der Waals surface area contributed by atoms with Crippen molar-refractivity contribution in [3.8, 4) is 0 Å². The number of carbonyl (C=O) groups is 1. The summed E-state index contributed by atoms with van der Waals surface area (Å²) >= 11 is 0. The van der Waals surface area contributed by atoms with Crippen molar-refractivity contribution < 1.29 is 4.79 Å². The van der Waals surface area contributed by atoms with E-state index < -0.39 is 0 Å². The molecular weight excluding hydrogens is 392 g/mol. The molecule has 0 aliphatic heterocycles. The zero-order chi connectivity index (χ0) is 23.5. The van der Waals surface area contributed by atoms with E-state index in [-0.39, 0.29) is 11.3 Å². The Morgan fingerprint density at radius 1 is 1.22 bits per heavy atom. The van der Waals surface area contributed by atoms with Gasteiger partial charge >= 0.3 is 0 Å². The molecule has 0 N–H and O–H groups in total. The van der Waals surface area contributed by atoms with Crippen LogP contribution in [0.15, 0.2) is 43.1 Å². The second-order valence-electron chi connectivity index (χ2n) is 9.71. The quantitative estimate of drug-likeness (QED) is 0.344. The average Bonchev–Trinajstić information content (AvgIpc) is 3.42. The summed E-state index contributed by atoms with van der Waals surface area (Å²) in [6, 6.07) is 8.81. The molecule has 0 spiro atoms. The maximum Gasteiger partial charge on any atom is 0.142 e. The van der Waals surface area contributed by atoms with Gasteiger partial charge in [0.1, 0.15) is 5.78 Å². The molecule has 1 heterocycles. The summed E-state index contributed by atoms with van der Waals surface area (Å²) in [6.07, 6.45) is 11.3. The molecule has 172 valence electrons. The van der Waals surface area contributed by atoms with Gasteiger partial charge < -0.3 is 0 Å². The molecule has 1 aliphatic rings. The number of Topliss-reactive ketones (excluding diaryl/α,β-unsaturated/α-hetero) is 1. The van der Waals surface area contributed by atoms with Gasteiger partial charge in [0.2, 0.25) is 0 Å². The van der Waals surface area contributed by atoms with Crippen molar-refractivity contribution in [3.63, 3.8) is 0 Å². The highest BCUT2D eigenvalue weighted by Gasteiger charge is 2.59. The maximum absolute atomic E-state index is 13.1. The van der Waals surface area contributed by atoms with Gasteiger partial charge in [-0.3, -0.25) is 9.48 Å². The number of benzene rings is 1. The molecule has 3 heteroatoms. The van der Waals surface area contributed by atoms with Gasteiger partial charge in [-0.1, -0.05) is 78.0 Å². The van der Waals surface area contributed by atoms with Crippen molar-refractivity contribution in [2.24, 2.45) is 18.4 Å².